The van der Waals surface area contributed by atoms with Gasteiger partial charge < -0.3 is 0 Å². The molecule has 170 valence electrons. The number of rotatable bonds is 9. The average Bonchev–Trinajstić information content (AvgIpc) is 3.03. The molecule has 8 nitrogen and oxygen atoms in total. The van der Waals surface area contributed by atoms with Gasteiger partial charge in [0.2, 0.25) is 10.0 Å². The van der Waals surface area contributed by atoms with Crippen molar-refractivity contribution in [3.63, 3.8) is 0 Å². The summed E-state index contributed by atoms with van der Waals surface area (Å²) in [5, 5.41) is 9.77. The molecule has 0 amide bonds. The van der Waals surface area contributed by atoms with Gasteiger partial charge in [-0.05, 0) is 36.8 Å². The first-order valence-corrected chi connectivity index (χ1v) is 12.2. The number of nitrogens with one attached hydrogen (secondary N) is 1. The first-order valence-electron chi connectivity index (χ1n) is 9.98. The summed E-state index contributed by atoms with van der Waals surface area (Å²) >= 11 is 12.4. The van der Waals surface area contributed by atoms with Crippen molar-refractivity contribution in [3.05, 3.63) is 69.6 Å². The lowest BCUT2D eigenvalue weighted by Gasteiger charge is -2.18. The second kappa shape index (κ2) is 10.4. The molecule has 0 spiro atoms. The Labute approximate surface area is 197 Å². The summed E-state index contributed by atoms with van der Waals surface area (Å²) in [4.78, 5) is 4.28. The Morgan fingerprint density at radius 2 is 1.81 bits per heavy atom. The van der Waals surface area contributed by atoms with Crippen molar-refractivity contribution >= 4 is 45.3 Å². The van der Waals surface area contributed by atoms with Gasteiger partial charge in [0.25, 0.3) is 0 Å². The molecule has 32 heavy (non-hydrogen) atoms. The van der Waals surface area contributed by atoms with Crippen LogP contribution in [0.2, 0.25) is 10.2 Å². The molecule has 0 fully saturated rings. The maximum absolute atomic E-state index is 12.5. The largest absolute Gasteiger partial charge is 0.261 e. The van der Waals surface area contributed by atoms with E-state index in [-0.39, 0.29) is 4.90 Å². The molecule has 1 N–H and O–H groups in total. The quantitative estimate of drug-likeness (QED) is 0.351. The smallest absolute Gasteiger partial charge is 0.244 e. The third kappa shape index (κ3) is 5.47. The predicted molar refractivity (Wildman–Crippen MR) is 128 cm³/mol. The van der Waals surface area contributed by atoms with Crippen molar-refractivity contribution < 1.29 is 8.42 Å². The van der Waals surface area contributed by atoms with E-state index in [4.69, 9.17) is 23.2 Å². The van der Waals surface area contributed by atoms with Crippen molar-refractivity contribution in [2.75, 3.05) is 18.5 Å². The Hall–Kier alpha value is -2.46. The standard InChI is InChI=1S/C21H24Cl2N6O2S/c1-4-28(5-2)32(30,31)18-10-11-20(24-12-18)26-25-13-19-15(3)27-29(21(19)23)14-16-6-8-17(22)9-7-16/h6-13H,4-5,14H2,1-3H3,(H,24,26)/b25-13+. The number of hydrazone groups is 1. The molecule has 1 aromatic carbocycles. The Morgan fingerprint density at radius 3 is 2.41 bits per heavy atom. The summed E-state index contributed by atoms with van der Waals surface area (Å²) < 4.78 is 28.1. The van der Waals surface area contributed by atoms with Gasteiger partial charge in [-0.25, -0.2) is 18.1 Å². The summed E-state index contributed by atoms with van der Waals surface area (Å²) in [5.41, 5.74) is 5.21. The van der Waals surface area contributed by atoms with Crippen LogP contribution in [-0.4, -0.2) is 46.8 Å². The Balaban J connectivity index is 1.70. The zero-order valence-electron chi connectivity index (χ0n) is 18.0. The van der Waals surface area contributed by atoms with Crippen molar-refractivity contribution in [2.45, 2.75) is 32.2 Å². The van der Waals surface area contributed by atoms with Gasteiger partial charge in [-0.1, -0.05) is 49.2 Å². The molecule has 3 aromatic rings. The minimum atomic E-state index is -3.55. The molecule has 2 heterocycles. The first-order chi connectivity index (χ1) is 15.3. The number of hydrogen-bond donors (Lipinski definition) is 1. The highest BCUT2D eigenvalue weighted by molar-refractivity contribution is 7.89. The number of pyridine rings is 1. The minimum Gasteiger partial charge on any atom is -0.261 e. The van der Waals surface area contributed by atoms with Gasteiger partial charge in [-0.3, -0.25) is 5.43 Å². The van der Waals surface area contributed by atoms with Gasteiger partial charge in [-0.2, -0.15) is 14.5 Å². The highest BCUT2D eigenvalue weighted by atomic mass is 35.5. The fourth-order valence-electron chi connectivity index (χ4n) is 3.06. The van der Waals surface area contributed by atoms with Crippen LogP contribution in [0.3, 0.4) is 0 Å². The van der Waals surface area contributed by atoms with Gasteiger partial charge >= 0.3 is 0 Å². The summed E-state index contributed by atoms with van der Waals surface area (Å²) in [6.45, 7) is 6.73. The summed E-state index contributed by atoms with van der Waals surface area (Å²) in [7, 11) is -3.55. The lowest BCUT2D eigenvalue weighted by Crippen LogP contribution is -2.30. The van der Waals surface area contributed by atoms with Gasteiger partial charge in [0.15, 0.2) is 0 Å². The lowest BCUT2D eigenvalue weighted by molar-refractivity contribution is 0.445. The van der Waals surface area contributed by atoms with E-state index < -0.39 is 10.0 Å². The summed E-state index contributed by atoms with van der Waals surface area (Å²) in [6.07, 6.45) is 2.87. The number of aromatic nitrogens is 3. The van der Waals surface area contributed by atoms with Gasteiger partial charge in [0, 0.05) is 24.3 Å². The molecule has 3 rings (SSSR count). The van der Waals surface area contributed by atoms with E-state index in [2.05, 4.69) is 20.6 Å². The van der Waals surface area contributed by atoms with Crippen LogP contribution in [-0.2, 0) is 16.6 Å². The minimum absolute atomic E-state index is 0.137. The molecule has 0 aliphatic rings. The Bertz CT molecular complexity index is 1190. The third-order valence-corrected chi connectivity index (χ3v) is 7.49. The number of hydrogen-bond acceptors (Lipinski definition) is 6. The molecule has 0 unspecified atom stereocenters. The van der Waals surface area contributed by atoms with Crippen LogP contribution in [0.15, 0.2) is 52.6 Å². The summed E-state index contributed by atoms with van der Waals surface area (Å²) in [6, 6.07) is 10.5. The van der Waals surface area contributed by atoms with Crippen LogP contribution >= 0.6 is 23.2 Å². The fraction of sp³-hybridized carbons (Fsp3) is 0.286. The zero-order chi connectivity index (χ0) is 23.3. The van der Waals surface area contributed by atoms with Gasteiger partial charge in [0.1, 0.15) is 15.9 Å². The van der Waals surface area contributed by atoms with Crippen LogP contribution in [0.4, 0.5) is 5.82 Å². The normalized spacial score (nSPS) is 12.1. The second-order valence-electron chi connectivity index (χ2n) is 6.91. The molecule has 0 radical (unpaired) electrons. The number of sulfonamides is 1. The van der Waals surface area contributed by atoms with Crippen LogP contribution in [0.5, 0.6) is 0 Å². The monoisotopic (exact) mass is 494 g/mol. The highest BCUT2D eigenvalue weighted by Gasteiger charge is 2.21. The van der Waals surface area contributed by atoms with E-state index in [9.17, 15) is 8.42 Å². The van der Waals surface area contributed by atoms with Crippen molar-refractivity contribution in [3.8, 4) is 0 Å². The topological polar surface area (TPSA) is 92.5 Å². The molecular formula is C21H24Cl2N6O2S. The Morgan fingerprint density at radius 1 is 1.12 bits per heavy atom. The zero-order valence-corrected chi connectivity index (χ0v) is 20.3. The van der Waals surface area contributed by atoms with E-state index in [1.807, 2.05) is 31.2 Å². The van der Waals surface area contributed by atoms with E-state index in [0.29, 0.717) is 41.2 Å². The molecule has 0 saturated heterocycles. The molecule has 0 aliphatic carbocycles. The average molecular weight is 495 g/mol. The molecule has 0 aliphatic heterocycles. The molecule has 2 aromatic heterocycles. The maximum Gasteiger partial charge on any atom is 0.244 e. The molecule has 0 bridgehead atoms. The van der Waals surface area contributed by atoms with E-state index >= 15 is 0 Å². The van der Waals surface area contributed by atoms with E-state index in [0.717, 1.165) is 11.3 Å². The van der Waals surface area contributed by atoms with Crippen LogP contribution in [0.25, 0.3) is 0 Å². The molecule has 11 heteroatoms. The van der Waals surface area contributed by atoms with Gasteiger partial charge in [-0.15, -0.1) is 0 Å². The molecule has 0 saturated carbocycles. The number of benzene rings is 1. The van der Waals surface area contributed by atoms with E-state index in [1.54, 1.807) is 30.8 Å². The van der Waals surface area contributed by atoms with Crippen molar-refractivity contribution in [1.29, 1.82) is 0 Å². The van der Waals surface area contributed by atoms with Crippen LogP contribution < -0.4 is 5.43 Å². The number of anilines is 1. The van der Waals surface area contributed by atoms with Crippen molar-refractivity contribution in [1.82, 2.24) is 19.1 Å². The van der Waals surface area contributed by atoms with Crippen molar-refractivity contribution in [2.24, 2.45) is 5.10 Å². The molecule has 0 atom stereocenters. The maximum atomic E-state index is 12.5. The van der Waals surface area contributed by atoms with E-state index in [1.165, 1.54) is 16.6 Å². The SMILES string of the molecule is CCN(CC)S(=O)(=O)c1ccc(N/N=C/c2c(C)nn(Cc3ccc(Cl)cc3)c2Cl)nc1. The predicted octanol–water partition coefficient (Wildman–Crippen LogP) is 4.42. The van der Waals surface area contributed by atoms with Crippen LogP contribution in [0.1, 0.15) is 30.7 Å². The Kier molecular flexibility index (Phi) is 7.89. The number of aryl methyl sites for hydroxylation is 1. The number of halogens is 2. The third-order valence-electron chi connectivity index (χ3n) is 4.81. The second-order valence-corrected chi connectivity index (χ2v) is 9.64. The summed E-state index contributed by atoms with van der Waals surface area (Å²) in [5.74, 6) is 0.405. The fourth-order valence-corrected chi connectivity index (χ4v) is 4.87. The number of nitrogens with zero attached hydrogens (tertiary/aromatic N) is 5. The van der Waals surface area contributed by atoms with Gasteiger partial charge in [0.05, 0.1) is 24.0 Å². The van der Waals surface area contributed by atoms with Crippen LogP contribution in [0, 0.1) is 6.92 Å². The highest BCUT2D eigenvalue weighted by Crippen LogP contribution is 2.20. The molecular weight excluding hydrogens is 471 g/mol. The first kappa shape index (κ1) is 24.2. The lowest BCUT2D eigenvalue weighted by atomic mass is 10.2.